The van der Waals surface area contributed by atoms with Crippen LogP contribution in [0.25, 0.3) is 10.6 Å². The number of hydrogen-bond donors (Lipinski definition) is 1. The first kappa shape index (κ1) is 16.9. The van der Waals surface area contributed by atoms with Crippen LogP contribution in [0.5, 0.6) is 0 Å². The average Bonchev–Trinajstić information content (AvgIpc) is 3.20. The summed E-state index contributed by atoms with van der Waals surface area (Å²) in [5.74, 6) is 0.678. The van der Waals surface area contributed by atoms with E-state index < -0.39 is 0 Å². The van der Waals surface area contributed by atoms with Gasteiger partial charge in [0.1, 0.15) is 0 Å². The summed E-state index contributed by atoms with van der Waals surface area (Å²) in [5.41, 5.74) is 1.56. The Morgan fingerprint density at radius 2 is 2.17 bits per heavy atom. The van der Waals surface area contributed by atoms with Crippen LogP contribution in [0.2, 0.25) is 0 Å². The first-order valence-corrected chi connectivity index (χ1v) is 9.01. The zero-order valence-electron chi connectivity index (χ0n) is 13.0. The molecule has 0 bridgehead atoms. The summed E-state index contributed by atoms with van der Waals surface area (Å²) in [6.45, 7) is 0.806. The van der Waals surface area contributed by atoms with E-state index in [-0.39, 0.29) is 12.5 Å². The lowest BCUT2D eigenvalue weighted by Gasteiger charge is -2.15. The van der Waals surface area contributed by atoms with E-state index in [9.17, 15) is 4.79 Å². The van der Waals surface area contributed by atoms with Crippen molar-refractivity contribution in [2.75, 3.05) is 18.9 Å². The maximum atomic E-state index is 12.1. The third-order valence-corrected chi connectivity index (χ3v) is 4.89. The topological polar surface area (TPSA) is 58.4 Å². The quantitative estimate of drug-likeness (QED) is 0.666. The van der Waals surface area contributed by atoms with Crippen molar-refractivity contribution < 1.29 is 9.32 Å². The summed E-state index contributed by atoms with van der Waals surface area (Å²) in [6.07, 6.45) is 0. The van der Waals surface area contributed by atoms with Crippen LogP contribution < -0.4 is 5.32 Å². The molecule has 0 atom stereocenters. The number of thiophene rings is 1. The van der Waals surface area contributed by atoms with Crippen LogP contribution >= 0.6 is 27.3 Å². The number of halogens is 1. The highest BCUT2D eigenvalue weighted by atomic mass is 79.9. The second kappa shape index (κ2) is 7.74. The Balaban J connectivity index is 1.55. The molecule has 1 amide bonds. The minimum atomic E-state index is -0.0774. The number of hydrogen-bond acceptors (Lipinski definition) is 5. The number of likely N-dealkylation sites (N-methyl/N-ethyl adjacent to an activating group) is 1. The van der Waals surface area contributed by atoms with Crippen LogP contribution in [0.4, 0.5) is 5.69 Å². The minimum absolute atomic E-state index is 0.0774. The Morgan fingerprint density at radius 1 is 1.33 bits per heavy atom. The molecule has 3 aromatic rings. The van der Waals surface area contributed by atoms with Crippen molar-refractivity contribution in [3.05, 3.63) is 58.0 Å². The number of anilines is 1. The van der Waals surface area contributed by atoms with Crippen LogP contribution in [0.15, 0.2) is 56.8 Å². The monoisotopic (exact) mass is 405 g/mol. The second-order valence-corrected chi connectivity index (χ2v) is 7.16. The fourth-order valence-electron chi connectivity index (χ4n) is 2.25. The molecule has 124 valence electrons. The molecule has 24 heavy (non-hydrogen) atoms. The molecule has 3 rings (SSSR count). The highest BCUT2D eigenvalue weighted by molar-refractivity contribution is 9.10. The largest absolute Gasteiger partial charge is 0.355 e. The van der Waals surface area contributed by atoms with Gasteiger partial charge >= 0.3 is 0 Å². The van der Waals surface area contributed by atoms with E-state index in [4.69, 9.17) is 4.52 Å². The van der Waals surface area contributed by atoms with Gasteiger partial charge in [-0.1, -0.05) is 23.4 Å². The zero-order valence-corrected chi connectivity index (χ0v) is 15.4. The fraction of sp³-hybridized carbons (Fsp3) is 0.176. The molecule has 0 spiro atoms. The van der Waals surface area contributed by atoms with E-state index in [0.717, 1.165) is 26.5 Å². The average molecular weight is 406 g/mol. The number of nitrogens with one attached hydrogen (secondary N) is 1. The van der Waals surface area contributed by atoms with Gasteiger partial charge in [0, 0.05) is 17.1 Å². The van der Waals surface area contributed by atoms with Crippen LogP contribution in [0.1, 0.15) is 5.69 Å². The van der Waals surface area contributed by atoms with E-state index in [0.29, 0.717) is 6.54 Å². The van der Waals surface area contributed by atoms with Crippen molar-refractivity contribution in [1.82, 2.24) is 10.1 Å². The van der Waals surface area contributed by atoms with Crippen LogP contribution in [0.3, 0.4) is 0 Å². The van der Waals surface area contributed by atoms with Gasteiger partial charge in [0.2, 0.25) is 5.91 Å². The summed E-state index contributed by atoms with van der Waals surface area (Å²) in [5, 5.41) is 8.95. The maximum Gasteiger partial charge on any atom is 0.238 e. The van der Waals surface area contributed by atoms with Gasteiger partial charge < -0.3 is 9.84 Å². The van der Waals surface area contributed by atoms with E-state index in [1.807, 2.05) is 59.8 Å². The number of carbonyl (C=O) groups is 1. The molecule has 0 saturated heterocycles. The van der Waals surface area contributed by atoms with E-state index in [2.05, 4.69) is 26.4 Å². The molecule has 2 heterocycles. The number of para-hydroxylation sites is 1. The van der Waals surface area contributed by atoms with Crippen LogP contribution in [-0.2, 0) is 11.3 Å². The Hall–Kier alpha value is -1.96. The number of carbonyl (C=O) groups excluding carboxylic acids is 1. The van der Waals surface area contributed by atoms with Gasteiger partial charge in [-0.3, -0.25) is 9.69 Å². The predicted octanol–water partition coefficient (Wildman–Crippen LogP) is 4.24. The number of aromatic nitrogens is 1. The van der Waals surface area contributed by atoms with Crippen molar-refractivity contribution in [3.8, 4) is 10.6 Å². The lowest BCUT2D eigenvalue weighted by atomic mass is 10.3. The van der Waals surface area contributed by atoms with Crippen molar-refractivity contribution >= 4 is 38.9 Å². The van der Waals surface area contributed by atoms with Crippen molar-refractivity contribution in [3.63, 3.8) is 0 Å². The van der Waals surface area contributed by atoms with Gasteiger partial charge in [-0.15, -0.1) is 11.3 Å². The molecular weight excluding hydrogens is 390 g/mol. The maximum absolute atomic E-state index is 12.1. The first-order valence-electron chi connectivity index (χ1n) is 7.34. The minimum Gasteiger partial charge on any atom is -0.355 e. The molecule has 0 aliphatic rings. The normalized spacial score (nSPS) is 11.0. The molecule has 0 unspecified atom stereocenters. The Kier molecular flexibility index (Phi) is 5.44. The molecular formula is C17H16BrN3O2S. The number of rotatable bonds is 6. The van der Waals surface area contributed by atoms with Crippen LogP contribution in [0, 0.1) is 0 Å². The lowest BCUT2D eigenvalue weighted by molar-refractivity contribution is -0.117. The summed E-state index contributed by atoms with van der Waals surface area (Å²) in [6, 6.07) is 13.4. The molecule has 1 N–H and O–H groups in total. The first-order chi connectivity index (χ1) is 11.6. The molecule has 1 aromatic carbocycles. The molecule has 2 aromatic heterocycles. The molecule has 0 aliphatic carbocycles. The van der Waals surface area contributed by atoms with E-state index >= 15 is 0 Å². The van der Waals surface area contributed by atoms with Gasteiger partial charge in [-0.05, 0) is 46.6 Å². The van der Waals surface area contributed by atoms with Gasteiger partial charge in [0.25, 0.3) is 0 Å². The van der Waals surface area contributed by atoms with Gasteiger partial charge in [0.05, 0.1) is 22.8 Å². The lowest BCUT2D eigenvalue weighted by Crippen LogP contribution is -2.30. The molecule has 5 nitrogen and oxygen atoms in total. The Bertz CT molecular complexity index is 817. The summed E-state index contributed by atoms with van der Waals surface area (Å²) in [7, 11) is 1.87. The van der Waals surface area contributed by atoms with Gasteiger partial charge in [-0.25, -0.2) is 0 Å². The number of benzene rings is 1. The van der Waals surface area contributed by atoms with Gasteiger partial charge in [-0.2, -0.15) is 0 Å². The zero-order chi connectivity index (χ0) is 16.9. The summed E-state index contributed by atoms with van der Waals surface area (Å²) >= 11 is 5.02. The molecule has 7 heteroatoms. The predicted molar refractivity (Wildman–Crippen MR) is 98.9 cm³/mol. The van der Waals surface area contributed by atoms with E-state index in [1.165, 1.54) is 0 Å². The van der Waals surface area contributed by atoms with Gasteiger partial charge in [0.15, 0.2) is 5.76 Å². The SMILES string of the molecule is CN(CC(=O)Nc1ccccc1Br)Cc1cc(-c2cccs2)on1. The molecule has 0 aliphatic heterocycles. The van der Waals surface area contributed by atoms with Crippen LogP contribution in [-0.4, -0.2) is 29.6 Å². The van der Waals surface area contributed by atoms with Crippen molar-refractivity contribution in [2.45, 2.75) is 6.54 Å². The third-order valence-electron chi connectivity index (χ3n) is 3.32. The second-order valence-electron chi connectivity index (χ2n) is 5.36. The highest BCUT2D eigenvalue weighted by Gasteiger charge is 2.12. The summed E-state index contributed by atoms with van der Waals surface area (Å²) in [4.78, 5) is 15.1. The van der Waals surface area contributed by atoms with E-state index in [1.54, 1.807) is 11.3 Å². The van der Waals surface area contributed by atoms with Crippen molar-refractivity contribution in [1.29, 1.82) is 0 Å². The smallest absolute Gasteiger partial charge is 0.238 e. The Morgan fingerprint density at radius 3 is 2.92 bits per heavy atom. The number of nitrogens with zero attached hydrogens (tertiary/aromatic N) is 2. The molecule has 0 fully saturated rings. The fourth-order valence-corrected chi connectivity index (χ4v) is 3.31. The summed E-state index contributed by atoms with van der Waals surface area (Å²) < 4.78 is 6.21. The number of amides is 1. The molecule has 0 saturated carbocycles. The van der Waals surface area contributed by atoms with Crippen molar-refractivity contribution in [2.24, 2.45) is 0 Å². The standard InChI is InChI=1S/C17H16BrN3O2S/c1-21(11-17(22)19-14-6-3-2-5-13(14)18)10-12-9-15(23-20-12)16-7-4-8-24-16/h2-9H,10-11H2,1H3,(H,19,22). The third kappa shape index (κ3) is 4.31. The molecule has 0 radical (unpaired) electrons. The highest BCUT2D eigenvalue weighted by Crippen LogP contribution is 2.25. The Labute approximate surface area is 152 Å².